The van der Waals surface area contributed by atoms with Crippen molar-refractivity contribution in [3.05, 3.63) is 35.9 Å². The molecule has 1 unspecified atom stereocenters. The lowest BCUT2D eigenvalue weighted by Gasteiger charge is -2.36. The molecule has 1 aliphatic heterocycles. The lowest BCUT2D eigenvalue weighted by Crippen LogP contribution is -2.55. The fourth-order valence-electron chi connectivity index (χ4n) is 2.28. The zero-order valence-electron chi connectivity index (χ0n) is 9.93. The maximum atomic E-state index is 11.7. The van der Waals surface area contributed by atoms with Crippen LogP contribution >= 0.6 is 0 Å². The van der Waals surface area contributed by atoms with Crippen LogP contribution in [0.15, 0.2) is 30.3 Å². The van der Waals surface area contributed by atoms with E-state index in [1.807, 2.05) is 23.1 Å². The van der Waals surface area contributed by atoms with Crippen molar-refractivity contribution in [2.24, 2.45) is 5.73 Å². The number of nitrogens with one attached hydrogen (secondary N) is 1. The molecule has 1 aromatic carbocycles. The molecule has 0 bridgehead atoms. The summed E-state index contributed by atoms with van der Waals surface area (Å²) in [5.41, 5.74) is 6.71. The Kier molecular flexibility index (Phi) is 4.12. The topological polar surface area (TPSA) is 58.4 Å². The van der Waals surface area contributed by atoms with Crippen molar-refractivity contribution < 1.29 is 4.79 Å². The lowest BCUT2D eigenvalue weighted by atomic mass is 10.0. The first-order chi connectivity index (χ1) is 8.31. The molecule has 4 nitrogen and oxygen atoms in total. The SMILES string of the molecule is NCC(=O)N1CCNCC1Cc1ccccc1. The van der Waals surface area contributed by atoms with Crippen LogP contribution in [0.2, 0.25) is 0 Å². The van der Waals surface area contributed by atoms with E-state index in [0.717, 1.165) is 26.1 Å². The predicted octanol–water partition coefficient (Wildman–Crippen LogP) is -0.0118. The molecule has 1 fully saturated rings. The molecule has 1 heterocycles. The van der Waals surface area contributed by atoms with Crippen LogP contribution in [0, 0.1) is 0 Å². The monoisotopic (exact) mass is 233 g/mol. The molecule has 3 N–H and O–H groups in total. The maximum Gasteiger partial charge on any atom is 0.236 e. The maximum absolute atomic E-state index is 11.7. The van der Waals surface area contributed by atoms with Gasteiger partial charge in [-0.3, -0.25) is 4.79 Å². The Morgan fingerprint density at radius 3 is 2.88 bits per heavy atom. The minimum Gasteiger partial charge on any atom is -0.336 e. The fourth-order valence-corrected chi connectivity index (χ4v) is 2.28. The van der Waals surface area contributed by atoms with Gasteiger partial charge in [0.2, 0.25) is 5.91 Å². The Bertz CT molecular complexity index is 366. The number of nitrogens with zero attached hydrogens (tertiary/aromatic N) is 1. The van der Waals surface area contributed by atoms with Crippen LogP contribution in [-0.4, -0.2) is 43.0 Å². The third kappa shape index (κ3) is 3.05. The van der Waals surface area contributed by atoms with Gasteiger partial charge in [-0.1, -0.05) is 30.3 Å². The van der Waals surface area contributed by atoms with Crippen molar-refractivity contribution in [2.45, 2.75) is 12.5 Å². The van der Waals surface area contributed by atoms with Gasteiger partial charge in [0.1, 0.15) is 0 Å². The molecule has 4 heteroatoms. The normalized spacial score (nSPS) is 20.3. The number of carbonyl (C=O) groups is 1. The molecule has 0 spiro atoms. The molecule has 17 heavy (non-hydrogen) atoms. The second kappa shape index (κ2) is 5.80. The highest BCUT2D eigenvalue weighted by atomic mass is 16.2. The Morgan fingerprint density at radius 1 is 1.41 bits per heavy atom. The molecule has 0 aliphatic carbocycles. The number of amides is 1. The summed E-state index contributed by atoms with van der Waals surface area (Å²) in [7, 11) is 0. The van der Waals surface area contributed by atoms with E-state index in [1.165, 1.54) is 5.56 Å². The van der Waals surface area contributed by atoms with E-state index in [1.54, 1.807) is 0 Å². The Morgan fingerprint density at radius 2 is 2.18 bits per heavy atom. The van der Waals surface area contributed by atoms with E-state index in [9.17, 15) is 4.79 Å². The van der Waals surface area contributed by atoms with Crippen LogP contribution in [0.4, 0.5) is 0 Å². The highest BCUT2D eigenvalue weighted by Gasteiger charge is 2.25. The highest BCUT2D eigenvalue weighted by molar-refractivity contribution is 5.78. The van der Waals surface area contributed by atoms with Gasteiger partial charge in [-0.05, 0) is 12.0 Å². The molecule has 1 amide bonds. The molecular formula is C13H19N3O. The van der Waals surface area contributed by atoms with Crippen LogP contribution in [-0.2, 0) is 11.2 Å². The predicted molar refractivity (Wildman–Crippen MR) is 67.6 cm³/mol. The third-order valence-electron chi connectivity index (χ3n) is 3.16. The number of hydrogen-bond donors (Lipinski definition) is 2. The first-order valence-electron chi connectivity index (χ1n) is 6.05. The Labute approximate surface area is 102 Å². The summed E-state index contributed by atoms with van der Waals surface area (Å²) >= 11 is 0. The molecule has 1 atom stereocenters. The molecule has 0 saturated carbocycles. The van der Waals surface area contributed by atoms with Gasteiger partial charge in [-0.25, -0.2) is 0 Å². The van der Waals surface area contributed by atoms with Crippen LogP contribution in [0.5, 0.6) is 0 Å². The van der Waals surface area contributed by atoms with Crippen LogP contribution in [0.3, 0.4) is 0 Å². The van der Waals surface area contributed by atoms with Crippen molar-refractivity contribution in [1.82, 2.24) is 10.2 Å². The number of piperazine rings is 1. The largest absolute Gasteiger partial charge is 0.336 e. The highest BCUT2D eigenvalue weighted by Crippen LogP contribution is 2.11. The van der Waals surface area contributed by atoms with Crippen LogP contribution in [0.25, 0.3) is 0 Å². The van der Waals surface area contributed by atoms with Gasteiger partial charge in [-0.2, -0.15) is 0 Å². The molecule has 1 aromatic rings. The Hall–Kier alpha value is -1.39. The van der Waals surface area contributed by atoms with Crippen molar-refractivity contribution in [3.8, 4) is 0 Å². The summed E-state index contributed by atoms with van der Waals surface area (Å²) in [6.45, 7) is 2.57. The van der Waals surface area contributed by atoms with Gasteiger partial charge in [-0.15, -0.1) is 0 Å². The summed E-state index contributed by atoms with van der Waals surface area (Å²) in [6, 6.07) is 10.5. The first-order valence-corrected chi connectivity index (χ1v) is 6.05. The minimum atomic E-state index is 0.0485. The first kappa shape index (κ1) is 12.1. The van der Waals surface area contributed by atoms with Gasteiger partial charge in [0, 0.05) is 25.7 Å². The summed E-state index contributed by atoms with van der Waals surface area (Å²) in [5, 5.41) is 3.33. The van der Waals surface area contributed by atoms with Crippen LogP contribution < -0.4 is 11.1 Å². The van der Waals surface area contributed by atoms with Crippen LogP contribution in [0.1, 0.15) is 5.56 Å². The molecule has 2 rings (SSSR count). The van der Waals surface area contributed by atoms with Gasteiger partial charge in [0.25, 0.3) is 0 Å². The minimum absolute atomic E-state index is 0.0485. The number of hydrogen-bond acceptors (Lipinski definition) is 3. The van der Waals surface area contributed by atoms with Crippen molar-refractivity contribution >= 4 is 5.91 Å². The van der Waals surface area contributed by atoms with Gasteiger partial charge in [0.05, 0.1) is 6.54 Å². The fraction of sp³-hybridized carbons (Fsp3) is 0.462. The van der Waals surface area contributed by atoms with E-state index in [4.69, 9.17) is 5.73 Å². The molecular weight excluding hydrogens is 214 g/mol. The number of benzene rings is 1. The number of nitrogens with two attached hydrogens (primary N) is 1. The molecule has 0 aromatic heterocycles. The van der Waals surface area contributed by atoms with Crippen molar-refractivity contribution in [2.75, 3.05) is 26.2 Å². The smallest absolute Gasteiger partial charge is 0.236 e. The average molecular weight is 233 g/mol. The van der Waals surface area contributed by atoms with E-state index in [2.05, 4.69) is 17.4 Å². The van der Waals surface area contributed by atoms with E-state index >= 15 is 0 Å². The average Bonchev–Trinajstić information content (AvgIpc) is 2.40. The molecule has 92 valence electrons. The molecule has 1 saturated heterocycles. The summed E-state index contributed by atoms with van der Waals surface area (Å²) < 4.78 is 0. The van der Waals surface area contributed by atoms with Gasteiger partial charge < -0.3 is 16.0 Å². The zero-order chi connectivity index (χ0) is 12.1. The molecule has 0 radical (unpaired) electrons. The lowest BCUT2D eigenvalue weighted by molar-refractivity contribution is -0.132. The van der Waals surface area contributed by atoms with Crippen molar-refractivity contribution in [1.29, 1.82) is 0 Å². The van der Waals surface area contributed by atoms with Gasteiger partial charge >= 0.3 is 0 Å². The van der Waals surface area contributed by atoms with E-state index in [-0.39, 0.29) is 18.5 Å². The second-order valence-corrected chi connectivity index (χ2v) is 4.34. The van der Waals surface area contributed by atoms with E-state index < -0.39 is 0 Å². The van der Waals surface area contributed by atoms with Gasteiger partial charge in [0.15, 0.2) is 0 Å². The summed E-state index contributed by atoms with van der Waals surface area (Å²) in [5.74, 6) is 0.0485. The van der Waals surface area contributed by atoms with Crippen molar-refractivity contribution in [3.63, 3.8) is 0 Å². The Balaban J connectivity index is 2.04. The summed E-state index contributed by atoms with van der Waals surface area (Å²) in [4.78, 5) is 13.6. The molecule has 1 aliphatic rings. The third-order valence-corrected chi connectivity index (χ3v) is 3.16. The number of rotatable bonds is 3. The summed E-state index contributed by atoms with van der Waals surface area (Å²) in [6.07, 6.45) is 0.888. The standard InChI is InChI=1S/C13H19N3O/c14-9-13(17)16-7-6-15-10-12(16)8-11-4-2-1-3-5-11/h1-5,12,15H,6-10,14H2. The quantitative estimate of drug-likeness (QED) is 0.772. The second-order valence-electron chi connectivity index (χ2n) is 4.34. The van der Waals surface area contributed by atoms with E-state index in [0.29, 0.717) is 0 Å². The zero-order valence-corrected chi connectivity index (χ0v) is 9.93. The number of carbonyl (C=O) groups excluding carboxylic acids is 1.